The number of ether oxygens (including phenoxy) is 2. The lowest BCUT2D eigenvalue weighted by molar-refractivity contribution is -0.385. The maximum Gasteiger partial charge on any atom is 0.436 e. The summed E-state index contributed by atoms with van der Waals surface area (Å²) in [5, 5.41) is 10.7. The molecule has 1 atom stereocenters. The van der Waals surface area contributed by atoms with Crippen LogP contribution in [0.15, 0.2) is 64.3 Å². The molecule has 3 aliphatic rings. The molecular weight excluding hydrogens is 433 g/mol. The van der Waals surface area contributed by atoms with E-state index in [1.165, 1.54) is 43.5 Å². The number of esters is 1. The van der Waals surface area contributed by atoms with Crippen LogP contribution in [0.2, 0.25) is 0 Å². The van der Waals surface area contributed by atoms with Crippen LogP contribution in [0.3, 0.4) is 0 Å². The van der Waals surface area contributed by atoms with E-state index in [4.69, 9.17) is 9.47 Å². The second-order valence-corrected chi connectivity index (χ2v) is 7.68. The third-order valence-electron chi connectivity index (χ3n) is 5.25. The van der Waals surface area contributed by atoms with E-state index >= 15 is 0 Å². The number of aliphatic hydroxyl groups is 1. The average Bonchev–Trinajstić information content (AvgIpc) is 2.79. The molecule has 1 aromatic rings. The van der Waals surface area contributed by atoms with Crippen molar-refractivity contribution in [3.8, 4) is 0 Å². The van der Waals surface area contributed by atoms with Gasteiger partial charge in [0.15, 0.2) is 11.5 Å². The van der Waals surface area contributed by atoms with Crippen LogP contribution in [0.1, 0.15) is 12.5 Å². The molecule has 0 spiro atoms. The lowest BCUT2D eigenvalue weighted by Gasteiger charge is -2.30. The number of allylic oxidation sites excluding steroid dienone is 1. The molecule has 9 nitrogen and oxygen atoms in total. The fourth-order valence-corrected chi connectivity index (χ4v) is 3.68. The second-order valence-electron chi connectivity index (χ2n) is 7.68. The SMILES string of the molecule is CCOC(=O)C1=C(O)C2=NC=C(Cc3ccc(F)cc3)C3OC(C(=O)N(C)C)=C[N+](=C23)C1=O. The zero-order valence-electron chi connectivity index (χ0n) is 18.2. The molecule has 0 bridgehead atoms. The number of amides is 2. The zero-order valence-corrected chi connectivity index (χ0v) is 18.2. The molecule has 170 valence electrons. The number of aliphatic hydroxyl groups excluding tert-OH is 1. The van der Waals surface area contributed by atoms with E-state index in [1.54, 1.807) is 19.1 Å². The van der Waals surface area contributed by atoms with Gasteiger partial charge in [0.2, 0.25) is 17.9 Å². The Morgan fingerprint density at radius 2 is 1.97 bits per heavy atom. The number of halogens is 1. The number of benzene rings is 1. The molecule has 3 aliphatic heterocycles. The van der Waals surface area contributed by atoms with Gasteiger partial charge >= 0.3 is 11.9 Å². The highest BCUT2D eigenvalue weighted by Gasteiger charge is 2.52. The van der Waals surface area contributed by atoms with Gasteiger partial charge in [-0.1, -0.05) is 12.1 Å². The molecule has 33 heavy (non-hydrogen) atoms. The molecule has 3 heterocycles. The fraction of sp³-hybridized carbons (Fsp3) is 0.261. The van der Waals surface area contributed by atoms with Gasteiger partial charge in [0.25, 0.3) is 17.4 Å². The van der Waals surface area contributed by atoms with Crippen LogP contribution in [-0.4, -0.2) is 70.6 Å². The maximum atomic E-state index is 13.3. The predicted molar refractivity (Wildman–Crippen MR) is 114 cm³/mol. The Balaban J connectivity index is 1.85. The zero-order chi connectivity index (χ0) is 23.9. The lowest BCUT2D eigenvalue weighted by Crippen LogP contribution is -2.51. The summed E-state index contributed by atoms with van der Waals surface area (Å²) in [6.45, 7) is 1.57. The van der Waals surface area contributed by atoms with Crippen molar-refractivity contribution in [2.45, 2.75) is 19.4 Å². The van der Waals surface area contributed by atoms with E-state index in [-0.39, 0.29) is 36.0 Å². The van der Waals surface area contributed by atoms with E-state index in [0.717, 1.165) is 10.1 Å². The standard InChI is InChI=1S/C23H20FN3O6/c1-4-32-23(31)16-19(28)17-18-20(13(10-25-17)9-12-5-7-14(24)8-6-12)33-15(21(29)26(2)3)11-27(18)22(16)30/h5-8,10-11,20H,4,9H2,1-3H3/p+1. The Morgan fingerprint density at radius 3 is 2.61 bits per heavy atom. The van der Waals surface area contributed by atoms with Gasteiger partial charge < -0.3 is 19.5 Å². The topological polar surface area (TPSA) is 109 Å². The van der Waals surface area contributed by atoms with Crippen molar-refractivity contribution in [3.63, 3.8) is 0 Å². The molecule has 0 radical (unpaired) electrons. The van der Waals surface area contributed by atoms with Crippen molar-refractivity contribution in [2.24, 2.45) is 4.99 Å². The largest absolute Gasteiger partial charge is 0.504 e. The van der Waals surface area contributed by atoms with E-state index in [2.05, 4.69) is 4.99 Å². The summed E-state index contributed by atoms with van der Waals surface area (Å²) in [5.74, 6) is -3.49. The van der Waals surface area contributed by atoms with Gasteiger partial charge in [-0.3, -0.25) is 4.79 Å². The van der Waals surface area contributed by atoms with Crippen LogP contribution in [-0.2, 0) is 30.3 Å². The average molecular weight is 454 g/mol. The van der Waals surface area contributed by atoms with Gasteiger partial charge in [-0.25, -0.2) is 19.0 Å². The highest BCUT2D eigenvalue weighted by Crippen LogP contribution is 2.31. The van der Waals surface area contributed by atoms with Crippen molar-refractivity contribution in [1.29, 1.82) is 0 Å². The monoisotopic (exact) mass is 454 g/mol. The summed E-state index contributed by atoms with van der Waals surface area (Å²) in [7, 11) is 3.06. The number of likely N-dealkylation sites (N-methyl/N-ethyl adjacent to an activating group) is 1. The van der Waals surface area contributed by atoms with E-state index in [9.17, 15) is 23.9 Å². The lowest BCUT2D eigenvalue weighted by atomic mass is 9.89. The third-order valence-corrected chi connectivity index (χ3v) is 5.25. The molecule has 0 aromatic heterocycles. The molecule has 0 fully saturated rings. The fourth-order valence-electron chi connectivity index (χ4n) is 3.68. The molecule has 10 heteroatoms. The summed E-state index contributed by atoms with van der Waals surface area (Å²) in [4.78, 5) is 43.8. The van der Waals surface area contributed by atoms with E-state index in [0.29, 0.717) is 5.57 Å². The van der Waals surface area contributed by atoms with Crippen LogP contribution in [0.5, 0.6) is 0 Å². The van der Waals surface area contributed by atoms with Gasteiger partial charge in [0.05, 0.1) is 6.61 Å². The molecule has 0 saturated carbocycles. The van der Waals surface area contributed by atoms with Crippen molar-refractivity contribution in [2.75, 3.05) is 20.7 Å². The summed E-state index contributed by atoms with van der Waals surface area (Å²) >= 11 is 0. The van der Waals surface area contributed by atoms with Crippen LogP contribution < -0.4 is 0 Å². The van der Waals surface area contributed by atoms with Crippen molar-refractivity contribution < 1.29 is 37.9 Å². The second kappa shape index (κ2) is 8.45. The summed E-state index contributed by atoms with van der Waals surface area (Å²) < 4.78 is 25.3. The number of nitrogens with zero attached hydrogens (tertiary/aromatic N) is 3. The highest BCUT2D eigenvalue weighted by molar-refractivity contribution is 6.52. The first-order valence-electron chi connectivity index (χ1n) is 10.2. The van der Waals surface area contributed by atoms with Gasteiger partial charge in [0, 0.05) is 25.9 Å². The Morgan fingerprint density at radius 1 is 1.27 bits per heavy atom. The van der Waals surface area contributed by atoms with Gasteiger partial charge in [0.1, 0.15) is 5.82 Å². The Labute approximate surface area is 188 Å². The predicted octanol–water partition coefficient (Wildman–Crippen LogP) is 1.40. The minimum absolute atomic E-state index is 0.000394. The van der Waals surface area contributed by atoms with Crippen LogP contribution in [0.4, 0.5) is 4.39 Å². The first kappa shape index (κ1) is 22.1. The first-order chi connectivity index (χ1) is 15.7. The Hall–Kier alpha value is -4.08. The number of aliphatic imine (C=N–C) groups is 1. The number of carbonyl (C=O) groups excluding carboxylic acids is 3. The third kappa shape index (κ3) is 3.84. The normalized spacial score (nSPS) is 19.2. The minimum atomic E-state index is -1.00. The molecule has 0 saturated heterocycles. The van der Waals surface area contributed by atoms with Gasteiger partial charge in [-0.15, -0.1) is 4.58 Å². The molecular formula is C23H21FN3O6+. The Bertz CT molecular complexity index is 1220. The smallest absolute Gasteiger partial charge is 0.436 e. The number of carbonyl (C=O) groups is 3. The summed E-state index contributed by atoms with van der Waals surface area (Å²) in [6.07, 6.45) is 1.97. The Kier molecular flexibility index (Phi) is 5.67. The van der Waals surface area contributed by atoms with Crippen LogP contribution in [0.25, 0.3) is 0 Å². The number of hydrogen-bond acceptors (Lipinski definition) is 7. The molecule has 0 aliphatic carbocycles. The summed E-state index contributed by atoms with van der Waals surface area (Å²) in [5.41, 5.74) is 0.894. The summed E-state index contributed by atoms with van der Waals surface area (Å²) in [6, 6.07) is 5.84. The number of rotatable bonds is 5. The quantitative estimate of drug-likeness (QED) is 0.409. The van der Waals surface area contributed by atoms with Crippen molar-refractivity contribution in [1.82, 2.24) is 4.90 Å². The molecule has 1 unspecified atom stereocenters. The van der Waals surface area contributed by atoms with E-state index < -0.39 is 35.2 Å². The maximum absolute atomic E-state index is 13.3. The highest BCUT2D eigenvalue weighted by atomic mass is 19.1. The molecule has 4 rings (SSSR count). The molecule has 1 aromatic carbocycles. The number of hydrogen-bond donors (Lipinski definition) is 1. The molecule has 1 N–H and O–H groups in total. The van der Waals surface area contributed by atoms with Gasteiger partial charge in [-0.2, -0.15) is 0 Å². The minimum Gasteiger partial charge on any atom is -0.504 e. The van der Waals surface area contributed by atoms with Crippen molar-refractivity contribution >= 4 is 29.2 Å². The molecule has 2 amide bonds. The van der Waals surface area contributed by atoms with E-state index in [1.807, 2.05) is 0 Å². The van der Waals surface area contributed by atoms with Crippen LogP contribution >= 0.6 is 0 Å². The van der Waals surface area contributed by atoms with Gasteiger partial charge in [-0.05, 0) is 31.0 Å². The first-order valence-corrected chi connectivity index (χ1v) is 10.2. The van der Waals surface area contributed by atoms with Crippen molar-refractivity contribution in [3.05, 3.63) is 70.7 Å². The van der Waals surface area contributed by atoms with Crippen LogP contribution in [0, 0.1) is 5.82 Å².